The molecular weight excluding hydrogens is 328 g/mol. The largest absolute Gasteiger partial charge is 0.479 e. The molecule has 0 spiro atoms. The van der Waals surface area contributed by atoms with Crippen molar-refractivity contribution in [3.05, 3.63) is 71.8 Å². The number of carboxylic acid groups (broad SMARTS) is 1. The number of amides is 1. The van der Waals surface area contributed by atoms with Crippen molar-refractivity contribution in [3.63, 3.8) is 0 Å². The number of hydrogen-bond acceptors (Lipinski definition) is 3. The van der Waals surface area contributed by atoms with Crippen LogP contribution < -0.4 is 5.32 Å². The van der Waals surface area contributed by atoms with E-state index >= 15 is 0 Å². The monoisotopic (exact) mass is 352 g/mol. The van der Waals surface area contributed by atoms with Gasteiger partial charge >= 0.3 is 5.97 Å². The van der Waals surface area contributed by atoms with Crippen molar-refractivity contribution >= 4 is 11.9 Å². The van der Waals surface area contributed by atoms with E-state index in [-0.39, 0.29) is 11.8 Å². The van der Waals surface area contributed by atoms with Crippen LogP contribution in [0.1, 0.15) is 30.0 Å². The van der Waals surface area contributed by atoms with Crippen molar-refractivity contribution in [3.8, 4) is 0 Å². The van der Waals surface area contributed by atoms with Gasteiger partial charge in [0.1, 0.15) is 0 Å². The molecule has 1 fully saturated rings. The zero-order valence-corrected chi connectivity index (χ0v) is 14.7. The number of carbonyl (C=O) groups is 2. The lowest BCUT2D eigenvalue weighted by Gasteiger charge is -2.32. The Morgan fingerprint density at radius 3 is 2.38 bits per heavy atom. The van der Waals surface area contributed by atoms with Crippen LogP contribution in [0.5, 0.6) is 0 Å². The van der Waals surface area contributed by atoms with Gasteiger partial charge in [0.05, 0.1) is 5.92 Å². The fourth-order valence-electron chi connectivity index (χ4n) is 3.45. The highest BCUT2D eigenvalue weighted by molar-refractivity contribution is 5.86. The molecular formula is C21H24N2O3. The summed E-state index contributed by atoms with van der Waals surface area (Å²) in [6.45, 7) is 2.42. The lowest BCUT2D eigenvalue weighted by molar-refractivity contribution is -0.143. The second-order valence-corrected chi connectivity index (χ2v) is 6.75. The van der Waals surface area contributed by atoms with E-state index in [9.17, 15) is 14.7 Å². The molecule has 0 unspecified atom stereocenters. The molecule has 26 heavy (non-hydrogen) atoms. The molecule has 2 aromatic carbocycles. The average molecular weight is 352 g/mol. The Bertz CT molecular complexity index is 733. The zero-order chi connectivity index (χ0) is 18.4. The topological polar surface area (TPSA) is 69.6 Å². The Morgan fingerprint density at radius 1 is 1.08 bits per heavy atom. The van der Waals surface area contributed by atoms with Crippen molar-refractivity contribution in [1.82, 2.24) is 10.2 Å². The van der Waals surface area contributed by atoms with Gasteiger partial charge < -0.3 is 10.4 Å². The zero-order valence-electron chi connectivity index (χ0n) is 14.7. The van der Waals surface area contributed by atoms with E-state index in [1.165, 1.54) is 5.56 Å². The van der Waals surface area contributed by atoms with Crippen molar-refractivity contribution in [1.29, 1.82) is 0 Å². The lowest BCUT2D eigenvalue weighted by atomic mass is 9.95. The average Bonchev–Trinajstić information content (AvgIpc) is 2.67. The second kappa shape index (κ2) is 8.63. The third kappa shape index (κ3) is 4.70. The Hall–Kier alpha value is -2.66. The molecule has 3 rings (SSSR count). The van der Waals surface area contributed by atoms with Crippen LogP contribution in [0.15, 0.2) is 60.7 Å². The van der Waals surface area contributed by atoms with E-state index in [2.05, 4.69) is 22.3 Å². The minimum absolute atomic E-state index is 0.181. The van der Waals surface area contributed by atoms with Crippen LogP contribution in [0, 0.1) is 5.92 Å². The van der Waals surface area contributed by atoms with Crippen molar-refractivity contribution in [2.24, 2.45) is 5.92 Å². The van der Waals surface area contributed by atoms with Gasteiger partial charge in [0, 0.05) is 13.1 Å². The number of carbonyl (C=O) groups excluding carboxylic acids is 1. The quantitative estimate of drug-likeness (QED) is 0.839. The fourth-order valence-corrected chi connectivity index (χ4v) is 3.45. The van der Waals surface area contributed by atoms with Gasteiger partial charge in [-0.15, -0.1) is 0 Å². The SMILES string of the molecule is O=C(N[C@@H](C(=O)O)c1ccccc1)[C@@H]1CCCN(Cc2ccccc2)C1. The lowest BCUT2D eigenvalue weighted by Crippen LogP contribution is -2.45. The summed E-state index contributed by atoms with van der Waals surface area (Å²) in [5.41, 5.74) is 1.81. The highest BCUT2D eigenvalue weighted by atomic mass is 16.4. The fraction of sp³-hybridized carbons (Fsp3) is 0.333. The maximum Gasteiger partial charge on any atom is 0.330 e. The van der Waals surface area contributed by atoms with Gasteiger partial charge in [0.15, 0.2) is 6.04 Å². The number of hydrogen-bond donors (Lipinski definition) is 2. The first-order valence-corrected chi connectivity index (χ1v) is 8.98. The molecule has 2 aromatic rings. The molecule has 1 saturated heterocycles. The van der Waals surface area contributed by atoms with E-state index in [0.717, 1.165) is 25.9 Å². The molecule has 1 aliphatic rings. The molecule has 1 amide bonds. The molecule has 0 bridgehead atoms. The van der Waals surface area contributed by atoms with Crippen LogP contribution in [-0.2, 0) is 16.1 Å². The summed E-state index contributed by atoms with van der Waals surface area (Å²) in [7, 11) is 0. The predicted molar refractivity (Wildman–Crippen MR) is 99.4 cm³/mol. The van der Waals surface area contributed by atoms with Gasteiger partial charge in [-0.1, -0.05) is 60.7 Å². The molecule has 0 saturated carbocycles. The molecule has 1 aliphatic heterocycles. The molecule has 2 N–H and O–H groups in total. The Balaban J connectivity index is 1.62. The van der Waals surface area contributed by atoms with Gasteiger partial charge in [-0.05, 0) is 30.5 Å². The van der Waals surface area contributed by atoms with Crippen LogP contribution in [-0.4, -0.2) is 35.0 Å². The molecule has 5 heteroatoms. The predicted octanol–water partition coefficient (Wildman–Crippen LogP) is 2.84. The molecule has 0 radical (unpaired) electrons. The van der Waals surface area contributed by atoms with Crippen molar-refractivity contribution < 1.29 is 14.7 Å². The van der Waals surface area contributed by atoms with Crippen LogP contribution in [0.4, 0.5) is 0 Å². The summed E-state index contributed by atoms with van der Waals surface area (Å²) in [6, 6.07) is 18.0. The van der Waals surface area contributed by atoms with E-state index in [1.54, 1.807) is 24.3 Å². The van der Waals surface area contributed by atoms with Crippen LogP contribution in [0.3, 0.4) is 0 Å². The summed E-state index contributed by atoms with van der Waals surface area (Å²) < 4.78 is 0. The first-order chi connectivity index (χ1) is 12.6. The van der Waals surface area contributed by atoms with Gasteiger partial charge in [-0.25, -0.2) is 4.79 Å². The van der Waals surface area contributed by atoms with Crippen molar-refractivity contribution in [2.45, 2.75) is 25.4 Å². The smallest absolute Gasteiger partial charge is 0.330 e. The minimum atomic E-state index is -1.04. The molecule has 0 aromatic heterocycles. The van der Waals surface area contributed by atoms with Gasteiger partial charge in [-0.2, -0.15) is 0 Å². The molecule has 5 nitrogen and oxygen atoms in total. The van der Waals surface area contributed by atoms with E-state index in [4.69, 9.17) is 0 Å². The maximum absolute atomic E-state index is 12.7. The van der Waals surface area contributed by atoms with Gasteiger partial charge in [0.2, 0.25) is 5.91 Å². The first-order valence-electron chi connectivity index (χ1n) is 8.98. The normalized spacial score (nSPS) is 18.8. The van der Waals surface area contributed by atoms with Crippen LogP contribution >= 0.6 is 0 Å². The van der Waals surface area contributed by atoms with Crippen LogP contribution in [0.2, 0.25) is 0 Å². The first kappa shape index (κ1) is 18.1. The number of rotatable bonds is 6. The Labute approximate surface area is 153 Å². The maximum atomic E-state index is 12.7. The summed E-state index contributed by atoms with van der Waals surface area (Å²) in [5.74, 6) is -1.40. The summed E-state index contributed by atoms with van der Waals surface area (Å²) >= 11 is 0. The van der Waals surface area contributed by atoms with E-state index < -0.39 is 12.0 Å². The summed E-state index contributed by atoms with van der Waals surface area (Å²) in [5, 5.41) is 12.2. The molecule has 2 atom stereocenters. The third-order valence-corrected chi connectivity index (χ3v) is 4.79. The third-order valence-electron chi connectivity index (χ3n) is 4.79. The number of likely N-dealkylation sites (tertiary alicyclic amines) is 1. The number of piperidine rings is 1. The standard InChI is InChI=1S/C21H24N2O3/c24-20(22-19(21(25)26)17-10-5-2-6-11-17)18-12-7-13-23(15-18)14-16-8-3-1-4-9-16/h1-6,8-11,18-19H,7,12-15H2,(H,22,24)(H,25,26)/t18-,19-/m1/s1. The number of carboxylic acids is 1. The number of nitrogens with zero attached hydrogens (tertiary/aromatic N) is 1. The molecule has 1 heterocycles. The van der Waals surface area contributed by atoms with Gasteiger partial charge in [-0.3, -0.25) is 9.69 Å². The minimum Gasteiger partial charge on any atom is -0.479 e. The molecule has 136 valence electrons. The van der Waals surface area contributed by atoms with E-state index in [0.29, 0.717) is 12.1 Å². The second-order valence-electron chi connectivity index (χ2n) is 6.75. The Kier molecular flexibility index (Phi) is 6.02. The number of benzene rings is 2. The Morgan fingerprint density at radius 2 is 1.73 bits per heavy atom. The van der Waals surface area contributed by atoms with E-state index in [1.807, 2.05) is 24.3 Å². The summed E-state index contributed by atoms with van der Waals surface area (Å²) in [6.07, 6.45) is 1.73. The van der Waals surface area contributed by atoms with Crippen molar-refractivity contribution in [2.75, 3.05) is 13.1 Å². The number of aliphatic carboxylic acids is 1. The number of nitrogens with one attached hydrogen (secondary N) is 1. The summed E-state index contributed by atoms with van der Waals surface area (Å²) in [4.78, 5) is 26.5. The van der Waals surface area contributed by atoms with Crippen LogP contribution in [0.25, 0.3) is 0 Å². The highest BCUT2D eigenvalue weighted by Crippen LogP contribution is 2.21. The highest BCUT2D eigenvalue weighted by Gasteiger charge is 2.29. The van der Waals surface area contributed by atoms with Gasteiger partial charge in [0.25, 0.3) is 0 Å². The molecule has 0 aliphatic carbocycles.